The summed E-state index contributed by atoms with van der Waals surface area (Å²) in [5.41, 5.74) is 5.48. The maximum atomic E-state index is 12.7. The van der Waals surface area contributed by atoms with Gasteiger partial charge in [-0.1, -0.05) is 163 Å². The first kappa shape index (κ1) is 54.3. The van der Waals surface area contributed by atoms with Crippen LogP contribution in [0.1, 0.15) is 187 Å². The number of carbonyl (C=O) groups is 3. The van der Waals surface area contributed by atoms with Crippen LogP contribution in [0.4, 0.5) is 0 Å². The van der Waals surface area contributed by atoms with E-state index in [1.807, 2.05) is 0 Å². The van der Waals surface area contributed by atoms with Gasteiger partial charge in [-0.25, -0.2) is 4.79 Å². The minimum absolute atomic E-state index is 0.119. The molecule has 0 aliphatic heterocycles. The summed E-state index contributed by atoms with van der Waals surface area (Å²) in [5, 5.41) is 11.9. The van der Waals surface area contributed by atoms with E-state index in [-0.39, 0.29) is 18.0 Å². The van der Waals surface area contributed by atoms with Crippen LogP contribution in [0.2, 0.25) is 0 Å². The Morgan fingerprint density at radius 3 is 1.55 bits per heavy atom. The summed E-state index contributed by atoms with van der Waals surface area (Å²) in [6, 6.07) is -0.862. The number of ether oxygens (including phenoxy) is 1. The van der Waals surface area contributed by atoms with Gasteiger partial charge in [0, 0.05) is 12.8 Å². The summed E-state index contributed by atoms with van der Waals surface area (Å²) in [6.45, 7) is 4.80. The van der Waals surface area contributed by atoms with Crippen molar-refractivity contribution in [1.29, 1.82) is 0 Å². The highest BCUT2D eigenvalue weighted by molar-refractivity contribution is 5.83. The van der Waals surface area contributed by atoms with E-state index in [2.05, 4.69) is 116 Å². The van der Waals surface area contributed by atoms with Crippen molar-refractivity contribution in [3.05, 3.63) is 97.2 Å². The molecule has 7 heteroatoms. The number of unbranched alkanes of at least 4 members (excludes halogenated alkanes) is 12. The highest BCUT2D eigenvalue weighted by atomic mass is 16.5. The summed E-state index contributed by atoms with van der Waals surface area (Å²) >= 11 is 0. The first-order valence-corrected chi connectivity index (χ1v) is 23.1. The average molecular weight is 805 g/mol. The molecule has 0 saturated heterocycles. The fourth-order valence-corrected chi connectivity index (χ4v) is 6.17. The van der Waals surface area contributed by atoms with Crippen molar-refractivity contribution < 1.29 is 24.2 Å². The zero-order chi connectivity index (χ0) is 42.4. The number of amides is 1. The number of allylic oxidation sites excluding steroid dienone is 15. The SMILES string of the molecule is CC/C=C\C/C=C\C/C=C\C/C=C\C/C=C\C/C=C\C/C=C\CCCC(=O)OC(/C=C\CCCCCCCC)CCCCCCCCC(=O)NC(CCCN)C(=O)O. The largest absolute Gasteiger partial charge is 0.480 e. The molecule has 2 atom stereocenters. The molecule has 0 aromatic rings. The van der Waals surface area contributed by atoms with E-state index >= 15 is 0 Å². The van der Waals surface area contributed by atoms with Crippen LogP contribution in [0.5, 0.6) is 0 Å². The van der Waals surface area contributed by atoms with Crippen molar-refractivity contribution in [3.63, 3.8) is 0 Å². The minimum Gasteiger partial charge on any atom is -0.480 e. The van der Waals surface area contributed by atoms with Gasteiger partial charge < -0.3 is 20.9 Å². The molecule has 1 amide bonds. The van der Waals surface area contributed by atoms with Gasteiger partial charge in [-0.3, -0.25) is 9.59 Å². The average Bonchev–Trinajstić information content (AvgIpc) is 3.21. The molecule has 0 heterocycles. The van der Waals surface area contributed by atoms with E-state index in [1.54, 1.807) is 0 Å². The molecule has 0 aromatic heterocycles. The fourth-order valence-electron chi connectivity index (χ4n) is 6.17. The number of hydrogen-bond acceptors (Lipinski definition) is 5. The Kier molecular flexibility index (Phi) is 41.6. The van der Waals surface area contributed by atoms with Gasteiger partial charge >= 0.3 is 11.9 Å². The van der Waals surface area contributed by atoms with Crippen molar-refractivity contribution >= 4 is 17.8 Å². The molecule has 0 radical (unpaired) electrons. The zero-order valence-electron chi connectivity index (χ0n) is 36.8. The third kappa shape index (κ3) is 40.5. The quantitative estimate of drug-likeness (QED) is 0.0322. The predicted octanol–water partition coefficient (Wildman–Crippen LogP) is 13.4. The molecular weight excluding hydrogens is 721 g/mol. The number of nitrogens with one attached hydrogen (secondary N) is 1. The zero-order valence-corrected chi connectivity index (χ0v) is 36.8. The molecule has 0 saturated carbocycles. The van der Waals surface area contributed by atoms with E-state index in [0.717, 1.165) is 109 Å². The number of nitrogens with two attached hydrogens (primary N) is 1. The van der Waals surface area contributed by atoms with Crippen LogP contribution in [0.25, 0.3) is 0 Å². The molecule has 0 aliphatic rings. The van der Waals surface area contributed by atoms with Gasteiger partial charge in [0.05, 0.1) is 0 Å². The standard InChI is InChI=1S/C51H84N2O5/c1-3-5-7-9-11-13-14-15-16-17-18-19-20-21-22-23-24-25-26-27-29-35-39-45-50(55)58-47(41-36-32-28-12-10-8-6-4-2)42-37-33-30-31-34-38-44-49(54)53-48(51(56)57)43-40-46-52/h5,7,11,13,15-16,18-19,21-22,24-25,27,29,36,41,47-48H,3-4,6,8-10,12,14,17,20,23,26,28,30-35,37-40,42-46,52H2,1-2H3,(H,53,54)(H,56,57)/b7-5-,13-11-,16-15-,19-18-,22-21-,25-24-,29-27-,41-36-. The van der Waals surface area contributed by atoms with Gasteiger partial charge in [0.15, 0.2) is 0 Å². The van der Waals surface area contributed by atoms with Gasteiger partial charge in [-0.05, 0) is 115 Å². The number of aliphatic carboxylic acids is 1. The summed E-state index contributed by atoms with van der Waals surface area (Å²) in [6.07, 6.45) is 60.5. The number of carbonyl (C=O) groups excluding carboxylic acids is 2. The second kappa shape index (κ2) is 44.4. The Morgan fingerprint density at radius 2 is 1.02 bits per heavy atom. The summed E-state index contributed by atoms with van der Waals surface area (Å²) in [4.78, 5) is 36.3. The number of carboxylic acid groups (broad SMARTS) is 1. The number of carboxylic acids is 1. The van der Waals surface area contributed by atoms with Crippen LogP contribution >= 0.6 is 0 Å². The molecule has 7 nitrogen and oxygen atoms in total. The van der Waals surface area contributed by atoms with E-state index in [1.165, 1.54) is 38.5 Å². The summed E-state index contributed by atoms with van der Waals surface area (Å²) < 4.78 is 5.93. The van der Waals surface area contributed by atoms with Crippen LogP contribution in [-0.4, -0.2) is 41.6 Å². The molecular formula is C51H84N2O5. The van der Waals surface area contributed by atoms with Crippen molar-refractivity contribution in [1.82, 2.24) is 5.32 Å². The number of rotatable bonds is 40. The lowest BCUT2D eigenvalue weighted by Gasteiger charge is -2.15. The van der Waals surface area contributed by atoms with E-state index in [4.69, 9.17) is 10.5 Å². The van der Waals surface area contributed by atoms with Crippen LogP contribution in [0.3, 0.4) is 0 Å². The highest BCUT2D eigenvalue weighted by Gasteiger charge is 2.18. The molecule has 4 N–H and O–H groups in total. The van der Waals surface area contributed by atoms with Crippen LogP contribution in [-0.2, 0) is 19.1 Å². The van der Waals surface area contributed by atoms with Crippen molar-refractivity contribution in [2.75, 3.05) is 6.54 Å². The van der Waals surface area contributed by atoms with Crippen LogP contribution < -0.4 is 11.1 Å². The summed E-state index contributed by atoms with van der Waals surface area (Å²) in [5.74, 6) is -1.34. The van der Waals surface area contributed by atoms with Crippen LogP contribution in [0, 0.1) is 0 Å². The fraction of sp³-hybridized carbons (Fsp3) is 0.627. The lowest BCUT2D eigenvalue weighted by Crippen LogP contribution is -2.40. The van der Waals surface area contributed by atoms with Crippen LogP contribution in [0.15, 0.2) is 97.2 Å². The van der Waals surface area contributed by atoms with E-state index in [9.17, 15) is 19.5 Å². The van der Waals surface area contributed by atoms with Crippen molar-refractivity contribution in [2.24, 2.45) is 5.73 Å². The maximum Gasteiger partial charge on any atom is 0.326 e. The third-order valence-electron chi connectivity index (χ3n) is 9.62. The molecule has 0 rings (SSSR count). The van der Waals surface area contributed by atoms with E-state index in [0.29, 0.717) is 32.2 Å². The monoisotopic (exact) mass is 805 g/mol. The molecule has 0 aliphatic carbocycles. The van der Waals surface area contributed by atoms with Gasteiger partial charge in [-0.15, -0.1) is 0 Å². The summed E-state index contributed by atoms with van der Waals surface area (Å²) in [7, 11) is 0. The third-order valence-corrected chi connectivity index (χ3v) is 9.62. The van der Waals surface area contributed by atoms with Gasteiger partial charge in [0.25, 0.3) is 0 Å². The molecule has 0 bridgehead atoms. The lowest BCUT2D eigenvalue weighted by molar-refractivity contribution is -0.147. The van der Waals surface area contributed by atoms with Crippen molar-refractivity contribution in [3.8, 4) is 0 Å². The second-order valence-corrected chi connectivity index (χ2v) is 15.1. The maximum absolute atomic E-state index is 12.7. The molecule has 0 spiro atoms. The van der Waals surface area contributed by atoms with Gasteiger partial charge in [0.2, 0.25) is 5.91 Å². The Hall–Kier alpha value is -3.71. The Morgan fingerprint density at radius 1 is 0.534 bits per heavy atom. The molecule has 0 fully saturated rings. The first-order valence-electron chi connectivity index (χ1n) is 23.1. The predicted molar refractivity (Wildman–Crippen MR) is 248 cm³/mol. The highest BCUT2D eigenvalue weighted by Crippen LogP contribution is 2.15. The molecule has 2 unspecified atom stereocenters. The van der Waals surface area contributed by atoms with Gasteiger partial charge in [-0.2, -0.15) is 0 Å². The Bertz CT molecular complexity index is 1230. The first-order chi connectivity index (χ1) is 28.4. The topological polar surface area (TPSA) is 119 Å². The Labute approximate surface area is 355 Å². The van der Waals surface area contributed by atoms with Crippen molar-refractivity contribution in [2.45, 2.75) is 199 Å². The van der Waals surface area contributed by atoms with Gasteiger partial charge in [0.1, 0.15) is 12.1 Å². The smallest absolute Gasteiger partial charge is 0.326 e. The Balaban J connectivity index is 4.32. The lowest BCUT2D eigenvalue weighted by atomic mass is 10.0. The van der Waals surface area contributed by atoms with E-state index < -0.39 is 12.0 Å². The molecule has 58 heavy (non-hydrogen) atoms. The molecule has 328 valence electrons. The second-order valence-electron chi connectivity index (χ2n) is 15.1. The normalized spacial score (nSPS) is 13.6. The number of esters is 1. The molecule has 0 aromatic carbocycles. The number of hydrogen-bond donors (Lipinski definition) is 3. The minimum atomic E-state index is -1.01.